The van der Waals surface area contributed by atoms with Crippen LogP contribution < -0.4 is 4.90 Å². The zero-order chi connectivity index (χ0) is 25.9. The third-order valence-corrected chi connectivity index (χ3v) is 9.16. The van der Waals surface area contributed by atoms with E-state index in [0.717, 1.165) is 39.7 Å². The number of aromatic nitrogens is 2. The molecule has 0 aliphatic heterocycles. The van der Waals surface area contributed by atoms with Crippen LogP contribution in [0.3, 0.4) is 0 Å². The number of pyridine rings is 1. The van der Waals surface area contributed by atoms with Crippen LogP contribution in [0.15, 0.2) is 65.8 Å². The lowest BCUT2D eigenvalue weighted by Gasteiger charge is -2.20. The molecule has 2 heterocycles. The van der Waals surface area contributed by atoms with Gasteiger partial charge in [0.15, 0.2) is 5.13 Å². The molecule has 0 aliphatic rings. The van der Waals surface area contributed by atoms with E-state index in [1.807, 2.05) is 39.0 Å². The monoisotopic (exact) mass is 522 g/mol. The van der Waals surface area contributed by atoms with Crippen molar-refractivity contribution in [2.24, 2.45) is 0 Å². The molecule has 1 amide bonds. The van der Waals surface area contributed by atoms with Gasteiger partial charge in [-0.25, -0.2) is 17.7 Å². The molecule has 0 aliphatic carbocycles. The fourth-order valence-electron chi connectivity index (χ4n) is 3.84. The van der Waals surface area contributed by atoms with Crippen molar-refractivity contribution >= 4 is 42.6 Å². The molecule has 188 valence electrons. The molecule has 0 N–H and O–H groups in total. The highest BCUT2D eigenvalue weighted by Crippen LogP contribution is 2.33. The summed E-state index contributed by atoms with van der Waals surface area (Å²) in [5.74, 6) is -0.254. The molecule has 2 aromatic carbocycles. The van der Waals surface area contributed by atoms with Crippen molar-refractivity contribution in [2.75, 3.05) is 18.5 Å². The molecule has 0 radical (unpaired) electrons. The Balaban J connectivity index is 1.68. The smallest absolute Gasteiger partial charge is 0.260 e. The second-order valence-electron chi connectivity index (χ2n) is 8.81. The number of hydrogen-bond acceptors (Lipinski definition) is 6. The Hall–Kier alpha value is -3.14. The van der Waals surface area contributed by atoms with Crippen LogP contribution in [0.5, 0.6) is 0 Å². The first kappa shape index (κ1) is 25.9. The minimum atomic E-state index is -3.61. The predicted molar refractivity (Wildman–Crippen MR) is 145 cm³/mol. The number of sulfonamides is 1. The number of nitrogens with zero attached hydrogens (tertiary/aromatic N) is 4. The normalized spacial score (nSPS) is 11.8. The van der Waals surface area contributed by atoms with Crippen LogP contribution in [-0.2, 0) is 16.6 Å². The van der Waals surface area contributed by atoms with Crippen molar-refractivity contribution in [3.05, 3.63) is 83.2 Å². The van der Waals surface area contributed by atoms with Crippen LogP contribution in [0.25, 0.3) is 10.2 Å². The number of thiazole rings is 1. The molecule has 0 atom stereocenters. The number of amides is 1. The van der Waals surface area contributed by atoms with E-state index in [1.165, 1.54) is 27.8 Å². The highest BCUT2D eigenvalue weighted by atomic mass is 32.2. The molecular formula is C27H30N4O3S2. The van der Waals surface area contributed by atoms with E-state index in [0.29, 0.717) is 23.8 Å². The summed E-state index contributed by atoms with van der Waals surface area (Å²) < 4.78 is 28.1. The maximum Gasteiger partial charge on any atom is 0.260 e. The van der Waals surface area contributed by atoms with Gasteiger partial charge in [-0.05, 0) is 73.4 Å². The van der Waals surface area contributed by atoms with Gasteiger partial charge in [0, 0.05) is 31.5 Å². The molecule has 0 spiro atoms. The van der Waals surface area contributed by atoms with Crippen LogP contribution in [-0.4, -0.2) is 42.2 Å². The van der Waals surface area contributed by atoms with Crippen LogP contribution in [0.2, 0.25) is 0 Å². The predicted octanol–water partition coefficient (Wildman–Crippen LogP) is 5.58. The minimum absolute atomic E-state index is 0.169. The van der Waals surface area contributed by atoms with Gasteiger partial charge in [-0.15, -0.1) is 0 Å². The third kappa shape index (κ3) is 5.33. The molecule has 2 aromatic heterocycles. The zero-order valence-electron chi connectivity index (χ0n) is 20.9. The van der Waals surface area contributed by atoms with Gasteiger partial charge in [-0.3, -0.25) is 14.7 Å². The van der Waals surface area contributed by atoms with Crippen molar-refractivity contribution in [1.82, 2.24) is 14.3 Å². The van der Waals surface area contributed by atoms with E-state index < -0.39 is 10.0 Å². The minimum Gasteiger partial charge on any atom is -0.279 e. The van der Waals surface area contributed by atoms with Gasteiger partial charge in [0.1, 0.15) is 0 Å². The van der Waals surface area contributed by atoms with Gasteiger partial charge < -0.3 is 0 Å². The summed E-state index contributed by atoms with van der Waals surface area (Å²) >= 11 is 1.46. The zero-order valence-corrected chi connectivity index (χ0v) is 22.6. The Morgan fingerprint density at radius 3 is 2.47 bits per heavy atom. The summed E-state index contributed by atoms with van der Waals surface area (Å²) in [6.07, 6.45) is 5.11. The van der Waals surface area contributed by atoms with Crippen molar-refractivity contribution in [2.45, 2.75) is 45.1 Å². The van der Waals surface area contributed by atoms with Crippen molar-refractivity contribution in [3.8, 4) is 0 Å². The van der Waals surface area contributed by atoms with Gasteiger partial charge in [0.2, 0.25) is 10.0 Å². The van der Waals surface area contributed by atoms with E-state index in [9.17, 15) is 13.2 Å². The van der Waals surface area contributed by atoms with Crippen LogP contribution in [0.4, 0.5) is 5.13 Å². The van der Waals surface area contributed by atoms with Gasteiger partial charge in [-0.2, -0.15) is 0 Å². The van der Waals surface area contributed by atoms with E-state index in [-0.39, 0.29) is 10.8 Å². The Labute approximate surface area is 216 Å². The molecular weight excluding hydrogens is 492 g/mol. The number of anilines is 1. The molecule has 9 heteroatoms. The summed E-state index contributed by atoms with van der Waals surface area (Å²) in [6, 6.07) is 14.0. The number of benzene rings is 2. The molecule has 4 rings (SSSR count). The summed E-state index contributed by atoms with van der Waals surface area (Å²) in [4.78, 5) is 24.5. The average molecular weight is 523 g/mol. The van der Waals surface area contributed by atoms with Gasteiger partial charge in [0.25, 0.3) is 5.91 Å². The molecule has 4 aromatic rings. The number of unbranched alkanes of at least 4 members (excludes halogenated alkanes) is 1. The van der Waals surface area contributed by atoms with Gasteiger partial charge in [-0.1, -0.05) is 36.8 Å². The Bertz CT molecular complexity index is 1470. The summed E-state index contributed by atoms with van der Waals surface area (Å²) in [5, 5.41) is 0.587. The topological polar surface area (TPSA) is 83.5 Å². The SMILES string of the molecule is CCCCN(C)S(=O)(=O)c1ccc(C(=O)N(Cc2cccnc2)c2nc3c(C)c(C)ccc3s2)cc1. The van der Waals surface area contributed by atoms with E-state index >= 15 is 0 Å². The molecule has 0 saturated carbocycles. The van der Waals surface area contributed by atoms with Crippen molar-refractivity contribution < 1.29 is 13.2 Å². The maximum absolute atomic E-state index is 13.7. The molecule has 0 fully saturated rings. The number of hydrogen-bond donors (Lipinski definition) is 0. The number of fused-ring (bicyclic) bond motifs is 1. The van der Waals surface area contributed by atoms with Crippen molar-refractivity contribution in [1.29, 1.82) is 0 Å². The highest BCUT2D eigenvalue weighted by molar-refractivity contribution is 7.89. The summed E-state index contributed by atoms with van der Waals surface area (Å²) in [7, 11) is -2.03. The van der Waals surface area contributed by atoms with E-state index in [1.54, 1.807) is 36.5 Å². The number of aryl methyl sites for hydroxylation is 2. The summed E-state index contributed by atoms with van der Waals surface area (Å²) in [6.45, 7) is 6.85. The first-order chi connectivity index (χ1) is 17.2. The second-order valence-corrected chi connectivity index (χ2v) is 11.9. The lowest BCUT2D eigenvalue weighted by molar-refractivity contribution is 0.0985. The van der Waals surface area contributed by atoms with E-state index in [4.69, 9.17) is 4.98 Å². The van der Waals surface area contributed by atoms with Crippen LogP contribution in [0, 0.1) is 13.8 Å². The number of carbonyl (C=O) groups excluding carboxylic acids is 1. The third-order valence-electron chi connectivity index (χ3n) is 6.25. The number of carbonyl (C=O) groups is 1. The van der Waals surface area contributed by atoms with Crippen LogP contribution in [0.1, 0.15) is 46.8 Å². The molecule has 36 heavy (non-hydrogen) atoms. The Kier molecular flexibility index (Phi) is 7.82. The lowest BCUT2D eigenvalue weighted by Crippen LogP contribution is -2.31. The van der Waals surface area contributed by atoms with E-state index in [2.05, 4.69) is 11.1 Å². The van der Waals surface area contributed by atoms with Gasteiger partial charge >= 0.3 is 0 Å². The summed E-state index contributed by atoms with van der Waals surface area (Å²) in [5.41, 5.74) is 4.38. The van der Waals surface area contributed by atoms with Crippen LogP contribution >= 0.6 is 11.3 Å². The largest absolute Gasteiger partial charge is 0.279 e. The standard InChI is InChI=1S/C27H30N4O3S2/c1-5-6-16-30(4)36(33,34)23-12-10-22(11-13-23)26(32)31(18-21-8-7-15-28-17-21)27-29-25-20(3)19(2)9-14-24(25)35-27/h7-15,17H,5-6,16,18H2,1-4H3. The highest BCUT2D eigenvalue weighted by Gasteiger charge is 2.25. The molecule has 0 unspecified atom stereocenters. The molecule has 7 nitrogen and oxygen atoms in total. The number of rotatable bonds is 9. The first-order valence-electron chi connectivity index (χ1n) is 11.9. The van der Waals surface area contributed by atoms with Gasteiger partial charge in [0.05, 0.1) is 21.7 Å². The Morgan fingerprint density at radius 1 is 1.06 bits per heavy atom. The fraction of sp³-hybridized carbons (Fsp3) is 0.296. The first-order valence-corrected chi connectivity index (χ1v) is 14.1. The fourth-order valence-corrected chi connectivity index (χ4v) is 6.07. The lowest BCUT2D eigenvalue weighted by atomic mass is 10.1. The van der Waals surface area contributed by atoms with Crippen molar-refractivity contribution in [3.63, 3.8) is 0 Å². The second kappa shape index (κ2) is 10.9. The Morgan fingerprint density at radius 2 is 1.81 bits per heavy atom. The maximum atomic E-state index is 13.7. The quantitative estimate of drug-likeness (QED) is 0.287. The average Bonchev–Trinajstić information content (AvgIpc) is 3.33. The molecule has 0 bridgehead atoms. The molecule has 0 saturated heterocycles.